The van der Waals surface area contributed by atoms with E-state index in [1.54, 1.807) is 0 Å². The Morgan fingerprint density at radius 3 is 2.66 bits per heavy atom. The van der Waals surface area contributed by atoms with E-state index in [1.165, 1.54) is 11.1 Å². The molecule has 4 aromatic rings. The molecule has 2 heterocycles. The smallest absolute Gasteiger partial charge is 0.228 e. The molecule has 1 aromatic heterocycles. The molecule has 180 valence electrons. The van der Waals surface area contributed by atoms with E-state index < -0.39 is 0 Å². The van der Waals surface area contributed by atoms with Crippen LogP contribution < -0.4 is 5.32 Å². The zero-order chi connectivity index (χ0) is 24.4. The van der Waals surface area contributed by atoms with E-state index in [-0.39, 0.29) is 11.8 Å². The highest BCUT2D eigenvalue weighted by Gasteiger charge is 2.27. The van der Waals surface area contributed by atoms with Gasteiger partial charge in [0.05, 0.1) is 23.5 Å². The van der Waals surface area contributed by atoms with Crippen LogP contribution in [0.5, 0.6) is 0 Å². The minimum Gasteiger partial charge on any atom is -0.326 e. The largest absolute Gasteiger partial charge is 0.326 e. The molecule has 1 N–H and O–H groups in total. The first-order valence-corrected chi connectivity index (χ1v) is 12.6. The van der Waals surface area contributed by atoms with Gasteiger partial charge in [-0.05, 0) is 80.3 Å². The number of amides is 1. The molecule has 0 radical (unpaired) electrons. The maximum absolute atomic E-state index is 13.1. The van der Waals surface area contributed by atoms with E-state index in [2.05, 4.69) is 65.0 Å². The second-order valence-corrected chi connectivity index (χ2v) is 9.98. The van der Waals surface area contributed by atoms with Gasteiger partial charge >= 0.3 is 0 Å². The third-order valence-electron chi connectivity index (χ3n) is 7.09. The van der Waals surface area contributed by atoms with Crippen LogP contribution in [0.15, 0.2) is 66.7 Å². The van der Waals surface area contributed by atoms with Crippen molar-refractivity contribution in [3.63, 3.8) is 0 Å². The van der Waals surface area contributed by atoms with Crippen LogP contribution in [0.25, 0.3) is 11.0 Å². The molecule has 1 aliphatic rings. The van der Waals surface area contributed by atoms with Crippen LogP contribution in [0, 0.1) is 19.8 Å². The Labute approximate surface area is 211 Å². The molecule has 0 saturated carbocycles. The Hall–Kier alpha value is -3.15. The van der Waals surface area contributed by atoms with Gasteiger partial charge in [0.25, 0.3) is 0 Å². The number of anilines is 1. The topological polar surface area (TPSA) is 50.2 Å². The third-order valence-corrected chi connectivity index (χ3v) is 7.34. The van der Waals surface area contributed by atoms with Crippen LogP contribution in [-0.2, 0) is 17.9 Å². The molecule has 1 aliphatic heterocycles. The highest BCUT2D eigenvalue weighted by atomic mass is 35.5. The number of carbonyl (C=O) groups is 1. The normalized spacial score (nSPS) is 16.5. The molecule has 0 aliphatic carbocycles. The monoisotopic (exact) mass is 486 g/mol. The number of carbonyl (C=O) groups excluding carboxylic acids is 1. The number of rotatable bonds is 6. The zero-order valence-electron chi connectivity index (χ0n) is 20.3. The van der Waals surface area contributed by atoms with Crippen LogP contribution in [0.3, 0.4) is 0 Å². The average molecular weight is 487 g/mol. The standard InChI is InChI=1S/C29H31ClN4O/c1-20-7-5-10-25(21(20)2)32-29(35)23-8-6-16-33(18-23)19-28-31-26-9-3-4-11-27(26)34(28)17-22-12-14-24(30)15-13-22/h3-5,7,9-15,23H,6,8,16-19H2,1-2H3,(H,32,35)/t23-/m1/s1. The lowest BCUT2D eigenvalue weighted by Gasteiger charge is -2.32. The number of fused-ring (bicyclic) bond motifs is 1. The van der Waals surface area contributed by atoms with E-state index in [0.29, 0.717) is 0 Å². The summed E-state index contributed by atoms with van der Waals surface area (Å²) in [7, 11) is 0. The SMILES string of the molecule is Cc1cccc(NC(=O)[C@@H]2CCCN(Cc3nc4ccccc4n3Cc3ccc(Cl)cc3)C2)c1C. The average Bonchev–Trinajstić information content (AvgIpc) is 3.20. The van der Waals surface area contributed by atoms with E-state index in [4.69, 9.17) is 16.6 Å². The first-order valence-electron chi connectivity index (χ1n) is 12.3. The Balaban J connectivity index is 1.33. The van der Waals surface area contributed by atoms with Crippen molar-refractivity contribution in [2.45, 2.75) is 39.8 Å². The molecule has 1 atom stereocenters. The summed E-state index contributed by atoms with van der Waals surface area (Å²) >= 11 is 6.10. The molecular formula is C29H31ClN4O. The lowest BCUT2D eigenvalue weighted by atomic mass is 9.96. The van der Waals surface area contributed by atoms with Crippen molar-refractivity contribution in [1.82, 2.24) is 14.5 Å². The summed E-state index contributed by atoms with van der Waals surface area (Å²) < 4.78 is 2.29. The van der Waals surface area contributed by atoms with Crippen molar-refractivity contribution in [2.24, 2.45) is 5.92 Å². The van der Waals surface area contributed by atoms with Gasteiger partial charge in [0.1, 0.15) is 5.82 Å². The van der Waals surface area contributed by atoms with Crippen LogP contribution in [-0.4, -0.2) is 33.4 Å². The van der Waals surface area contributed by atoms with Gasteiger partial charge < -0.3 is 9.88 Å². The summed E-state index contributed by atoms with van der Waals surface area (Å²) in [6.07, 6.45) is 1.91. The van der Waals surface area contributed by atoms with E-state index >= 15 is 0 Å². The molecule has 6 heteroatoms. The van der Waals surface area contributed by atoms with Gasteiger partial charge in [-0.25, -0.2) is 4.98 Å². The van der Waals surface area contributed by atoms with Crippen LogP contribution in [0.2, 0.25) is 5.02 Å². The fraction of sp³-hybridized carbons (Fsp3) is 0.310. The number of hydrogen-bond acceptors (Lipinski definition) is 3. The lowest BCUT2D eigenvalue weighted by Crippen LogP contribution is -2.40. The first kappa shape index (κ1) is 23.6. The molecule has 1 saturated heterocycles. The Kier molecular flexibility index (Phi) is 6.89. The summed E-state index contributed by atoms with van der Waals surface area (Å²) in [5.74, 6) is 1.10. The fourth-order valence-electron chi connectivity index (χ4n) is 4.93. The van der Waals surface area contributed by atoms with Crippen LogP contribution in [0.4, 0.5) is 5.69 Å². The van der Waals surface area contributed by atoms with Gasteiger partial charge in [-0.2, -0.15) is 0 Å². The van der Waals surface area contributed by atoms with Gasteiger partial charge in [-0.1, -0.05) is 48.0 Å². The summed E-state index contributed by atoms with van der Waals surface area (Å²) in [5.41, 5.74) is 6.54. The number of para-hydroxylation sites is 2. The fourth-order valence-corrected chi connectivity index (χ4v) is 5.06. The predicted molar refractivity (Wildman–Crippen MR) is 143 cm³/mol. The Bertz CT molecular complexity index is 1340. The van der Waals surface area contributed by atoms with E-state index in [9.17, 15) is 4.79 Å². The Morgan fingerprint density at radius 1 is 1.03 bits per heavy atom. The van der Waals surface area contributed by atoms with Gasteiger partial charge in [0.2, 0.25) is 5.91 Å². The van der Waals surface area contributed by atoms with Crippen molar-refractivity contribution in [3.8, 4) is 0 Å². The second-order valence-electron chi connectivity index (χ2n) is 9.54. The number of nitrogens with zero attached hydrogens (tertiary/aromatic N) is 3. The maximum Gasteiger partial charge on any atom is 0.228 e. The minimum atomic E-state index is -0.0299. The summed E-state index contributed by atoms with van der Waals surface area (Å²) in [5, 5.41) is 3.92. The molecule has 0 spiro atoms. The van der Waals surface area contributed by atoms with Crippen LogP contribution in [0.1, 0.15) is 35.4 Å². The molecule has 0 bridgehead atoms. The minimum absolute atomic E-state index is 0.0299. The highest BCUT2D eigenvalue weighted by Crippen LogP contribution is 2.25. The number of benzene rings is 3. The van der Waals surface area contributed by atoms with Gasteiger partial charge in [-0.15, -0.1) is 0 Å². The number of hydrogen-bond donors (Lipinski definition) is 1. The number of aryl methyl sites for hydroxylation is 1. The summed E-state index contributed by atoms with van der Waals surface area (Å²) in [4.78, 5) is 20.5. The van der Waals surface area contributed by atoms with Crippen molar-refractivity contribution in [2.75, 3.05) is 18.4 Å². The Morgan fingerprint density at radius 2 is 1.83 bits per heavy atom. The second kappa shape index (κ2) is 10.2. The lowest BCUT2D eigenvalue weighted by molar-refractivity contribution is -0.121. The molecule has 5 rings (SSSR count). The molecule has 35 heavy (non-hydrogen) atoms. The first-order chi connectivity index (χ1) is 17.0. The van der Waals surface area contributed by atoms with E-state index in [0.717, 1.165) is 72.2 Å². The van der Waals surface area contributed by atoms with Crippen LogP contribution >= 0.6 is 11.6 Å². The predicted octanol–water partition coefficient (Wildman–Crippen LogP) is 6.21. The molecule has 1 amide bonds. The summed E-state index contributed by atoms with van der Waals surface area (Å²) in [6.45, 7) is 7.29. The van der Waals surface area contributed by atoms with Crippen molar-refractivity contribution < 1.29 is 4.79 Å². The third kappa shape index (κ3) is 5.26. The highest BCUT2D eigenvalue weighted by molar-refractivity contribution is 6.30. The van der Waals surface area contributed by atoms with Crippen molar-refractivity contribution >= 4 is 34.2 Å². The number of piperidine rings is 1. The van der Waals surface area contributed by atoms with Gasteiger partial charge in [-0.3, -0.25) is 9.69 Å². The summed E-state index contributed by atoms with van der Waals surface area (Å²) in [6, 6.07) is 22.3. The molecule has 0 unspecified atom stereocenters. The maximum atomic E-state index is 13.1. The van der Waals surface area contributed by atoms with Gasteiger partial charge in [0.15, 0.2) is 0 Å². The van der Waals surface area contributed by atoms with Crippen molar-refractivity contribution in [3.05, 3.63) is 94.3 Å². The van der Waals surface area contributed by atoms with Gasteiger partial charge in [0, 0.05) is 23.8 Å². The van der Waals surface area contributed by atoms with Crippen molar-refractivity contribution in [1.29, 1.82) is 0 Å². The molecular weight excluding hydrogens is 456 g/mol. The molecule has 1 fully saturated rings. The van der Waals surface area contributed by atoms with E-state index in [1.807, 2.05) is 30.3 Å². The molecule has 3 aromatic carbocycles. The zero-order valence-corrected chi connectivity index (χ0v) is 21.1. The number of halogens is 1. The molecule has 5 nitrogen and oxygen atoms in total. The quantitative estimate of drug-likeness (QED) is 0.352. The number of imidazole rings is 1. The number of aromatic nitrogens is 2. The number of likely N-dealkylation sites (tertiary alicyclic amines) is 1. The number of nitrogens with one attached hydrogen (secondary N) is 1.